The average molecular weight is 207 g/mol. The Morgan fingerprint density at radius 3 is 2.53 bits per heavy atom. The van der Waals surface area contributed by atoms with E-state index in [9.17, 15) is 4.79 Å². The summed E-state index contributed by atoms with van der Waals surface area (Å²) in [6, 6.07) is 5.38. The van der Waals surface area contributed by atoms with Crippen LogP contribution in [0.25, 0.3) is 0 Å². The summed E-state index contributed by atoms with van der Waals surface area (Å²) >= 11 is 0. The molecule has 0 saturated carbocycles. The normalized spacial score (nSPS) is 10.5. The van der Waals surface area contributed by atoms with Crippen molar-refractivity contribution in [2.24, 2.45) is 0 Å². The number of aryl methyl sites for hydroxylation is 1. The van der Waals surface area contributed by atoms with Gasteiger partial charge in [-0.05, 0) is 18.9 Å². The van der Waals surface area contributed by atoms with E-state index in [1.165, 1.54) is 38.5 Å². The third-order valence-electron chi connectivity index (χ3n) is 2.63. The fourth-order valence-electron chi connectivity index (χ4n) is 1.73. The fraction of sp³-hybridized carbons (Fsp3) is 0.615. The van der Waals surface area contributed by atoms with Gasteiger partial charge in [0.05, 0.1) is 0 Å². The molecule has 0 fully saturated rings. The Morgan fingerprint density at radius 1 is 1.07 bits per heavy atom. The summed E-state index contributed by atoms with van der Waals surface area (Å²) in [5, 5.41) is 0. The molecule has 0 aliphatic heterocycles. The zero-order valence-electron chi connectivity index (χ0n) is 9.59. The highest BCUT2D eigenvalue weighted by atomic mass is 16.1. The smallest absolute Gasteiger partial charge is 0.248 e. The van der Waals surface area contributed by atoms with Crippen molar-refractivity contribution < 1.29 is 0 Å². The van der Waals surface area contributed by atoms with E-state index in [0.29, 0.717) is 0 Å². The second-order valence-electron chi connectivity index (χ2n) is 4.06. The van der Waals surface area contributed by atoms with Crippen LogP contribution >= 0.6 is 0 Å². The first-order chi connectivity index (χ1) is 7.33. The summed E-state index contributed by atoms with van der Waals surface area (Å²) in [5.74, 6) is 0. The van der Waals surface area contributed by atoms with E-state index < -0.39 is 0 Å². The number of hydrogen-bond donors (Lipinski definition) is 1. The molecule has 1 rings (SSSR count). The lowest BCUT2D eigenvalue weighted by atomic mass is 10.1. The minimum atomic E-state index is 0.0125. The lowest BCUT2D eigenvalue weighted by Crippen LogP contribution is -2.05. The predicted octanol–water partition coefficient (Wildman–Crippen LogP) is 3.28. The number of rotatable bonds is 7. The fourth-order valence-corrected chi connectivity index (χ4v) is 1.73. The maximum absolute atomic E-state index is 11.0. The molecule has 0 aliphatic rings. The first kappa shape index (κ1) is 12.0. The third kappa shape index (κ3) is 5.40. The molecule has 0 bridgehead atoms. The number of aromatic amines is 1. The van der Waals surface area contributed by atoms with Gasteiger partial charge in [0.15, 0.2) is 0 Å². The molecular weight excluding hydrogens is 186 g/mol. The molecule has 2 nitrogen and oxygen atoms in total. The molecule has 1 aromatic rings. The lowest BCUT2D eigenvalue weighted by molar-refractivity contribution is 0.604. The molecule has 0 spiro atoms. The van der Waals surface area contributed by atoms with Gasteiger partial charge in [-0.3, -0.25) is 4.79 Å². The topological polar surface area (TPSA) is 32.9 Å². The summed E-state index contributed by atoms with van der Waals surface area (Å²) in [6.45, 7) is 2.23. The van der Waals surface area contributed by atoms with Crippen molar-refractivity contribution in [1.82, 2.24) is 4.98 Å². The van der Waals surface area contributed by atoms with E-state index in [2.05, 4.69) is 11.9 Å². The van der Waals surface area contributed by atoms with Crippen LogP contribution in [0.5, 0.6) is 0 Å². The first-order valence-corrected chi connectivity index (χ1v) is 6.01. The molecule has 0 aliphatic carbocycles. The summed E-state index contributed by atoms with van der Waals surface area (Å²) < 4.78 is 0. The first-order valence-electron chi connectivity index (χ1n) is 6.01. The Hall–Kier alpha value is -1.05. The van der Waals surface area contributed by atoms with Crippen molar-refractivity contribution in [2.75, 3.05) is 0 Å². The highest BCUT2D eigenvalue weighted by molar-refractivity contribution is 5.03. The molecule has 1 heterocycles. The molecule has 15 heavy (non-hydrogen) atoms. The maximum Gasteiger partial charge on any atom is 0.248 e. The monoisotopic (exact) mass is 207 g/mol. The number of unbranched alkanes of at least 4 members (excludes halogenated alkanes) is 5. The van der Waals surface area contributed by atoms with Crippen LogP contribution in [-0.4, -0.2) is 4.98 Å². The van der Waals surface area contributed by atoms with E-state index in [4.69, 9.17) is 0 Å². The predicted molar refractivity (Wildman–Crippen MR) is 64.1 cm³/mol. The van der Waals surface area contributed by atoms with Crippen molar-refractivity contribution in [3.63, 3.8) is 0 Å². The SMILES string of the molecule is CCCCCCCCc1cccc(=O)[nH]1. The van der Waals surface area contributed by atoms with Crippen molar-refractivity contribution >= 4 is 0 Å². The quantitative estimate of drug-likeness (QED) is 0.684. The second kappa shape index (κ2) is 7.27. The Bertz CT molecular complexity index is 316. The summed E-state index contributed by atoms with van der Waals surface area (Å²) in [4.78, 5) is 13.9. The molecule has 0 radical (unpaired) electrons. The van der Waals surface area contributed by atoms with Gasteiger partial charge in [0.2, 0.25) is 5.56 Å². The van der Waals surface area contributed by atoms with Crippen LogP contribution in [0, 0.1) is 0 Å². The third-order valence-corrected chi connectivity index (χ3v) is 2.63. The van der Waals surface area contributed by atoms with E-state index >= 15 is 0 Å². The van der Waals surface area contributed by atoms with E-state index in [-0.39, 0.29) is 5.56 Å². The number of aromatic nitrogens is 1. The number of pyridine rings is 1. The van der Waals surface area contributed by atoms with Gasteiger partial charge in [-0.2, -0.15) is 0 Å². The van der Waals surface area contributed by atoms with Gasteiger partial charge < -0.3 is 4.98 Å². The summed E-state index contributed by atoms with van der Waals surface area (Å²) in [6.07, 6.45) is 8.78. The summed E-state index contributed by atoms with van der Waals surface area (Å²) in [5.41, 5.74) is 1.08. The largest absolute Gasteiger partial charge is 0.326 e. The van der Waals surface area contributed by atoms with E-state index in [1.54, 1.807) is 6.07 Å². The molecule has 0 unspecified atom stereocenters. The molecule has 0 atom stereocenters. The average Bonchev–Trinajstić information content (AvgIpc) is 2.23. The zero-order chi connectivity index (χ0) is 10.9. The molecular formula is C13H21NO. The van der Waals surface area contributed by atoms with Gasteiger partial charge in [0, 0.05) is 11.8 Å². The van der Waals surface area contributed by atoms with Crippen LogP contribution in [0.15, 0.2) is 23.0 Å². The molecule has 84 valence electrons. The van der Waals surface area contributed by atoms with Gasteiger partial charge in [-0.1, -0.05) is 45.1 Å². The van der Waals surface area contributed by atoms with Gasteiger partial charge in [0.1, 0.15) is 0 Å². The van der Waals surface area contributed by atoms with Gasteiger partial charge >= 0.3 is 0 Å². The minimum Gasteiger partial charge on any atom is -0.326 e. The number of hydrogen-bond acceptors (Lipinski definition) is 1. The Balaban J connectivity index is 2.12. The minimum absolute atomic E-state index is 0.0125. The van der Waals surface area contributed by atoms with Gasteiger partial charge in [0.25, 0.3) is 0 Å². The van der Waals surface area contributed by atoms with Crippen molar-refractivity contribution in [3.8, 4) is 0 Å². The van der Waals surface area contributed by atoms with Gasteiger partial charge in [-0.15, -0.1) is 0 Å². The van der Waals surface area contributed by atoms with Crippen LogP contribution in [0.4, 0.5) is 0 Å². The van der Waals surface area contributed by atoms with Crippen LogP contribution in [0.3, 0.4) is 0 Å². The standard InChI is InChI=1S/C13H21NO/c1-2-3-4-5-6-7-9-12-10-8-11-13(15)14-12/h8,10-11H,2-7,9H2,1H3,(H,14,15). The lowest BCUT2D eigenvalue weighted by Gasteiger charge is -2.01. The molecule has 2 heteroatoms. The Labute approximate surface area is 91.7 Å². The summed E-state index contributed by atoms with van der Waals surface area (Å²) in [7, 11) is 0. The van der Waals surface area contributed by atoms with Gasteiger partial charge in [-0.25, -0.2) is 0 Å². The molecule has 1 N–H and O–H groups in total. The highest BCUT2D eigenvalue weighted by Crippen LogP contribution is 2.07. The molecule has 0 aromatic carbocycles. The maximum atomic E-state index is 11.0. The second-order valence-corrected chi connectivity index (χ2v) is 4.06. The molecule has 1 aromatic heterocycles. The zero-order valence-corrected chi connectivity index (χ0v) is 9.59. The van der Waals surface area contributed by atoms with Crippen LogP contribution < -0.4 is 5.56 Å². The number of nitrogens with one attached hydrogen (secondary N) is 1. The highest BCUT2D eigenvalue weighted by Gasteiger charge is 1.94. The van der Waals surface area contributed by atoms with Crippen LogP contribution in [-0.2, 0) is 6.42 Å². The van der Waals surface area contributed by atoms with Crippen LogP contribution in [0.2, 0.25) is 0 Å². The van der Waals surface area contributed by atoms with E-state index in [0.717, 1.165) is 12.1 Å². The van der Waals surface area contributed by atoms with E-state index in [1.807, 2.05) is 12.1 Å². The van der Waals surface area contributed by atoms with Crippen molar-refractivity contribution in [2.45, 2.75) is 51.9 Å². The van der Waals surface area contributed by atoms with Crippen LogP contribution in [0.1, 0.15) is 51.1 Å². The molecule has 0 saturated heterocycles. The Morgan fingerprint density at radius 2 is 1.80 bits per heavy atom. The number of H-pyrrole nitrogens is 1. The van der Waals surface area contributed by atoms with Crippen molar-refractivity contribution in [3.05, 3.63) is 34.2 Å². The van der Waals surface area contributed by atoms with Crippen molar-refractivity contribution in [1.29, 1.82) is 0 Å². The molecule has 0 amide bonds. The Kier molecular flexibility index (Phi) is 5.83.